The first-order valence-electron chi connectivity index (χ1n) is 5.75. The molecule has 0 atom stereocenters. The van der Waals surface area contributed by atoms with Crippen LogP contribution >= 0.6 is 11.3 Å². The molecule has 0 aliphatic heterocycles. The molecule has 1 aromatic rings. The Hall–Kier alpha value is -0.450. The highest BCUT2D eigenvalue weighted by atomic mass is 32.1. The van der Waals surface area contributed by atoms with Crippen molar-refractivity contribution in [1.82, 2.24) is 9.88 Å². The van der Waals surface area contributed by atoms with Gasteiger partial charge in [-0.3, -0.25) is 4.90 Å². The van der Waals surface area contributed by atoms with Crippen LogP contribution in [0.3, 0.4) is 0 Å². The molecule has 0 spiro atoms. The zero-order valence-electron chi connectivity index (χ0n) is 10.7. The highest BCUT2D eigenvalue weighted by Gasteiger charge is 2.17. The third-order valence-electron chi connectivity index (χ3n) is 2.54. The molecule has 0 saturated carbocycles. The zero-order chi connectivity index (χ0) is 12.2. The fourth-order valence-electron chi connectivity index (χ4n) is 1.41. The van der Waals surface area contributed by atoms with Crippen LogP contribution in [-0.2, 0) is 12.0 Å². The van der Waals surface area contributed by atoms with Crippen LogP contribution in [0.5, 0.6) is 0 Å². The Kier molecular flexibility index (Phi) is 4.89. The summed E-state index contributed by atoms with van der Waals surface area (Å²) in [5.41, 5.74) is 1.29. The number of aliphatic hydroxyl groups is 1. The Balaban J connectivity index is 2.64. The molecular weight excluding hydrogens is 220 g/mol. The first kappa shape index (κ1) is 13.6. The fraction of sp³-hybridized carbons (Fsp3) is 0.750. The summed E-state index contributed by atoms with van der Waals surface area (Å²) in [6, 6.07) is 0. The van der Waals surface area contributed by atoms with Crippen molar-refractivity contribution >= 4 is 11.3 Å². The average molecular weight is 242 g/mol. The molecular formula is C12H22N2OS. The Bertz CT molecular complexity index is 317. The predicted octanol–water partition coefficient (Wildman–Crippen LogP) is 2.25. The lowest BCUT2D eigenvalue weighted by atomic mass is 9.93. The molecule has 0 saturated heterocycles. The summed E-state index contributed by atoms with van der Waals surface area (Å²) in [7, 11) is 0. The molecule has 0 aromatic carbocycles. The molecule has 92 valence electrons. The lowest BCUT2D eigenvalue weighted by molar-refractivity contribution is 0.196. The van der Waals surface area contributed by atoms with Crippen molar-refractivity contribution < 1.29 is 5.11 Å². The van der Waals surface area contributed by atoms with E-state index in [-0.39, 0.29) is 12.0 Å². The van der Waals surface area contributed by atoms with Gasteiger partial charge in [0.05, 0.1) is 18.8 Å². The molecule has 1 rings (SSSR count). The number of rotatable bonds is 5. The molecule has 0 unspecified atom stereocenters. The first-order chi connectivity index (χ1) is 7.47. The molecule has 0 radical (unpaired) electrons. The second kappa shape index (κ2) is 5.75. The van der Waals surface area contributed by atoms with Crippen molar-refractivity contribution in [2.75, 3.05) is 19.7 Å². The topological polar surface area (TPSA) is 36.4 Å². The van der Waals surface area contributed by atoms with Crippen LogP contribution in [0.15, 0.2) is 5.38 Å². The van der Waals surface area contributed by atoms with E-state index in [1.165, 1.54) is 0 Å². The Morgan fingerprint density at radius 1 is 1.44 bits per heavy atom. The minimum Gasteiger partial charge on any atom is -0.395 e. The zero-order valence-corrected chi connectivity index (χ0v) is 11.5. The van der Waals surface area contributed by atoms with Crippen LogP contribution in [0, 0.1) is 0 Å². The number of nitrogens with zero attached hydrogens (tertiary/aromatic N) is 2. The lowest BCUT2D eigenvalue weighted by Crippen LogP contribution is -2.26. The molecule has 0 amide bonds. The maximum atomic E-state index is 8.92. The molecule has 3 nitrogen and oxygen atoms in total. The summed E-state index contributed by atoms with van der Waals surface area (Å²) in [4.78, 5) is 6.85. The minimum atomic E-state index is 0.128. The van der Waals surface area contributed by atoms with Crippen molar-refractivity contribution in [3.8, 4) is 0 Å². The van der Waals surface area contributed by atoms with Crippen LogP contribution < -0.4 is 0 Å². The van der Waals surface area contributed by atoms with E-state index >= 15 is 0 Å². The van der Waals surface area contributed by atoms with Gasteiger partial charge in [0.25, 0.3) is 0 Å². The number of aromatic nitrogens is 1. The van der Waals surface area contributed by atoms with Gasteiger partial charge in [-0.1, -0.05) is 27.7 Å². The molecule has 0 fully saturated rings. The molecule has 0 aliphatic carbocycles. The van der Waals surface area contributed by atoms with E-state index in [1.54, 1.807) is 11.3 Å². The molecule has 1 aromatic heterocycles. The van der Waals surface area contributed by atoms with Crippen molar-refractivity contribution in [3.63, 3.8) is 0 Å². The van der Waals surface area contributed by atoms with E-state index in [1.807, 2.05) is 0 Å². The summed E-state index contributed by atoms with van der Waals surface area (Å²) in [5.74, 6) is 0. The Labute approximate surface area is 102 Å². The molecule has 0 bridgehead atoms. The van der Waals surface area contributed by atoms with Gasteiger partial charge in [-0.25, -0.2) is 4.98 Å². The summed E-state index contributed by atoms with van der Waals surface area (Å²) < 4.78 is 0. The van der Waals surface area contributed by atoms with Gasteiger partial charge in [0, 0.05) is 17.3 Å². The van der Waals surface area contributed by atoms with Crippen molar-refractivity contribution in [1.29, 1.82) is 0 Å². The largest absolute Gasteiger partial charge is 0.395 e. The van der Waals surface area contributed by atoms with Gasteiger partial charge in [-0.05, 0) is 6.54 Å². The van der Waals surface area contributed by atoms with Crippen molar-refractivity contribution in [2.24, 2.45) is 0 Å². The van der Waals surface area contributed by atoms with E-state index in [0.29, 0.717) is 0 Å². The fourth-order valence-corrected chi connectivity index (χ4v) is 2.47. The third-order valence-corrected chi connectivity index (χ3v) is 3.38. The molecule has 4 heteroatoms. The summed E-state index contributed by atoms with van der Waals surface area (Å²) >= 11 is 1.71. The normalized spacial score (nSPS) is 12.4. The highest BCUT2D eigenvalue weighted by Crippen LogP contribution is 2.24. The molecule has 16 heavy (non-hydrogen) atoms. The standard InChI is InChI=1S/C12H22N2OS/c1-5-14(6-7-15)8-11-13-10(9-16-11)12(2,3)4/h9,15H,5-8H2,1-4H3. The first-order valence-corrected chi connectivity index (χ1v) is 6.63. The Morgan fingerprint density at radius 2 is 2.12 bits per heavy atom. The van der Waals surface area contributed by atoms with Crippen molar-refractivity contribution in [3.05, 3.63) is 16.1 Å². The van der Waals surface area contributed by atoms with Gasteiger partial charge >= 0.3 is 0 Å². The third kappa shape index (κ3) is 3.85. The lowest BCUT2D eigenvalue weighted by Gasteiger charge is -2.17. The van der Waals surface area contributed by atoms with E-state index in [4.69, 9.17) is 5.11 Å². The summed E-state index contributed by atoms with van der Waals surface area (Å²) in [5, 5.41) is 12.2. The van der Waals surface area contributed by atoms with E-state index in [9.17, 15) is 0 Å². The predicted molar refractivity (Wildman–Crippen MR) is 68.9 cm³/mol. The molecule has 1 N–H and O–H groups in total. The van der Waals surface area contributed by atoms with E-state index < -0.39 is 0 Å². The summed E-state index contributed by atoms with van der Waals surface area (Å²) in [6.07, 6.45) is 0. The molecule has 1 heterocycles. The highest BCUT2D eigenvalue weighted by molar-refractivity contribution is 7.09. The average Bonchev–Trinajstić information content (AvgIpc) is 2.65. The van der Waals surface area contributed by atoms with Gasteiger partial charge in [0.15, 0.2) is 0 Å². The van der Waals surface area contributed by atoms with Gasteiger partial charge in [-0.15, -0.1) is 11.3 Å². The Morgan fingerprint density at radius 3 is 2.56 bits per heavy atom. The van der Waals surface area contributed by atoms with E-state index in [2.05, 4.69) is 43.0 Å². The maximum absolute atomic E-state index is 8.92. The van der Waals surface area contributed by atoms with Gasteiger partial charge in [-0.2, -0.15) is 0 Å². The number of hydrogen-bond donors (Lipinski definition) is 1. The summed E-state index contributed by atoms with van der Waals surface area (Å²) in [6.45, 7) is 11.4. The van der Waals surface area contributed by atoms with Gasteiger partial charge in [0.2, 0.25) is 0 Å². The monoisotopic (exact) mass is 242 g/mol. The number of likely N-dealkylation sites (N-methyl/N-ethyl adjacent to an activating group) is 1. The number of hydrogen-bond acceptors (Lipinski definition) is 4. The van der Waals surface area contributed by atoms with E-state index in [0.717, 1.165) is 30.3 Å². The van der Waals surface area contributed by atoms with Crippen LogP contribution in [-0.4, -0.2) is 34.7 Å². The van der Waals surface area contributed by atoms with Crippen molar-refractivity contribution in [2.45, 2.75) is 39.7 Å². The molecule has 0 aliphatic rings. The second-order valence-electron chi connectivity index (χ2n) is 4.97. The second-order valence-corrected chi connectivity index (χ2v) is 5.91. The van der Waals surface area contributed by atoms with Gasteiger partial charge in [0.1, 0.15) is 5.01 Å². The van der Waals surface area contributed by atoms with Crippen LogP contribution in [0.2, 0.25) is 0 Å². The number of aliphatic hydroxyl groups excluding tert-OH is 1. The maximum Gasteiger partial charge on any atom is 0.107 e. The van der Waals surface area contributed by atoms with Crippen LogP contribution in [0.4, 0.5) is 0 Å². The van der Waals surface area contributed by atoms with Gasteiger partial charge < -0.3 is 5.11 Å². The smallest absolute Gasteiger partial charge is 0.107 e. The quantitative estimate of drug-likeness (QED) is 0.860. The minimum absolute atomic E-state index is 0.128. The SMILES string of the molecule is CCN(CCO)Cc1nc(C(C)(C)C)cs1. The van der Waals surface area contributed by atoms with Crippen LogP contribution in [0.1, 0.15) is 38.4 Å². The number of thiazole rings is 1. The van der Waals surface area contributed by atoms with Crippen LogP contribution in [0.25, 0.3) is 0 Å².